The van der Waals surface area contributed by atoms with Crippen LogP contribution in [0.2, 0.25) is 0 Å². The van der Waals surface area contributed by atoms with Gasteiger partial charge in [-0.25, -0.2) is 0 Å². The Bertz CT molecular complexity index is 1600. The van der Waals surface area contributed by atoms with Gasteiger partial charge in [-0.1, -0.05) is 74.3 Å². The smallest absolute Gasteiger partial charge is 0.0547 e. The Labute approximate surface area is 189 Å². The van der Waals surface area contributed by atoms with Crippen molar-refractivity contribution in [1.82, 2.24) is 4.57 Å². The number of rotatable bonds is 2. The summed E-state index contributed by atoms with van der Waals surface area (Å²) in [6.45, 7) is 0. The van der Waals surface area contributed by atoms with Crippen LogP contribution in [0.4, 0.5) is 0 Å². The van der Waals surface area contributed by atoms with Crippen LogP contribution in [0.15, 0.2) is 97.1 Å². The summed E-state index contributed by atoms with van der Waals surface area (Å²) in [5.41, 5.74) is 5.51. The van der Waals surface area contributed by atoms with Crippen molar-refractivity contribution in [2.24, 2.45) is 0 Å². The zero-order valence-electron chi connectivity index (χ0n) is 18.0. The monoisotopic (exact) mass is 429 g/mol. The molecule has 0 aliphatic heterocycles. The number of hydrogen-bond donors (Lipinski definition) is 0. The van der Waals surface area contributed by atoms with Crippen molar-refractivity contribution < 1.29 is 0 Å². The molecule has 32 heavy (non-hydrogen) atoms. The Morgan fingerprint density at radius 1 is 0.594 bits per heavy atom. The van der Waals surface area contributed by atoms with E-state index in [1.54, 1.807) is 16.0 Å². The lowest BCUT2D eigenvalue weighted by molar-refractivity contribution is 0.700. The molecule has 0 fully saturated rings. The lowest BCUT2D eigenvalue weighted by atomic mass is 9.96. The number of aryl methyl sites for hydroxylation is 1. The largest absolute Gasteiger partial charge is 0.309 e. The molecule has 1 unspecified atom stereocenters. The summed E-state index contributed by atoms with van der Waals surface area (Å²) in [4.78, 5) is 0. The fourth-order valence-electron chi connectivity index (χ4n) is 5.73. The van der Waals surface area contributed by atoms with E-state index in [0.717, 1.165) is 0 Å². The molecule has 0 N–H and O–H groups in total. The maximum Gasteiger partial charge on any atom is 0.0547 e. The van der Waals surface area contributed by atoms with Gasteiger partial charge in [-0.2, -0.15) is 0 Å². The maximum absolute atomic E-state index is 2.55. The standard InChI is InChI=1S/C30H24NP/c1-3-11-21(12-4-1)31-27-17-9-7-15-23(27)25-20-30-26(19-28(25)31)24-16-8-10-18-29(24)32(30)22-13-5-2-6-14-22/h1-7,9,11-15,17,19-20H,8,10,16,18H2. The van der Waals surface area contributed by atoms with E-state index in [9.17, 15) is 0 Å². The molecule has 6 aromatic rings. The fraction of sp³-hybridized carbons (Fsp3) is 0.133. The van der Waals surface area contributed by atoms with Crippen molar-refractivity contribution in [3.8, 4) is 11.0 Å². The molecule has 0 saturated heterocycles. The normalized spacial score (nSPS) is 14.3. The summed E-state index contributed by atoms with van der Waals surface area (Å²) in [5.74, 6) is 0. The first-order valence-corrected chi connectivity index (χ1v) is 12.9. The first kappa shape index (κ1) is 18.3. The van der Waals surface area contributed by atoms with Crippen molar-refractivity contribution in [1.29, 1.82) is 0 Å². The topological polar surface area (TPSA) is 4.93 Å². The summed E-state index contributed by atoms with van der Waals surface area (Å²) in [6, 6.07) is 36.0. The van der Waals surface area contributed by atoms with Crippen molar-refractivity contribution in [3.63, 3.8) is 0 Å². The van der Waals surface area contributed by atoms with Crippen LogP contribution in [0.3, 0.4) is 0 Å². The number of nitrogens with zero attached hydrogens (tertiary/aromatic N) is 1. The van der Waals surface area contributed by atoms with Crippen molar-refractivity contribution in [2.45, 2.75) is 25.7 Å². The van der Waals surface area contributed by atoms with E-state index in [2.05, 4.69) is 102 Å². The summed E-state index contributed by atoms with van der Waals surface area (Å²) < 4.78 is 2.46. The highest BCUT2D eigenvalue weighted by Gasteiger charge is 2.23. The minimum Gasteiger partial charge on any atom is -0.309 e. The minimum absolute atomic E-state index is 0.417. The summed E-state index contributed by atoms with van der Waals surface area (Å²) in [7, 11) is -0.417. The van der Waals surface area contributed by atoms with Gasteiger partial charge in [-0.05, 0) is 77.6 Å². The molecule has 1 aliphatic carbocycles. The zero-order chi connectivity index (χ0) is 21.1. The lowest BCUT2D eigenvalue weighted by Crippen LogP contribution is -1.98. The van der Waals surface area contributed by atoms with Crippen molar-refractivity contribution in [3.05, 3.63) is 108 Å². The van der Waals surface area contributed by atoms with E-state index in [1.165, 1.54) is 63.9 Å². The van der Waals surface area contributed by atoms with Crippen LogP contribution in [-0.4, -0.2) is 4.57 Å². The van der Waals surface area contributed by atoms with Crippen LogP contribution < -0.4 is 0 Å². The Morgan fingerprint density at radius 3 is 2.16 bits per heavy atom. The second-order valence-electron chi connectivity index (χ2n) is 8.88. The van der Waals surface area contributed by atoms with E-state index in [1.807, 2.05) is 0 Å². The van der Waals surface area contributed by atoms with Gasteiger partial charge in [0.25, 0.3) is 0 Å². The van der Waals surface area contributed by atoms with Gasteiger partial charge in [-0.3, -0.25) is 0 Å². The maximum atomic E-state index is 2.55. The molecule has 0 spiro atoms. The average Bonchev–Trinajstić information content (AvgIpc) is 3.36. The van der Waals surface area contributed by atoms with Crippen molar-refractivity contribution >= 4 is 39.8 Å². The Hall–Kier alpha value is -3.28. The van der Waals surface area contributed by atoms with Gasteiger partial charge < -0.3 is 4.57 Å². The number of benzene rings is 4. The highest BCUT2D eigenvalue weighted by Crippen LogP contribution is 2.56. The fourth-order valence-corrected chi connectivity index (χ4v) is 8.66. The first-order chi connectivity index (χ1) is 15.9. The SMILES string of the molecule is c1ccc(-n2c3ccccc3c3cc4c(cc32)c2c(p4-c3ccccc3)CCCC2)cc1. The molecule has 1 aliphatic rings. The van der Waals surface area contributed by atoms with E-state index >= 15 is 0 Å². The minimum atomic E-state index is -0.417. The third-order valence-corrected chi connectivity index (χ3v) is 9.79. The molecule has 2 heterocycles. The molecule has 4 aromatic carbocycles. The molecule has 2 heteroatoms. The number of hydrogen-bond acceptors (Lipinski definition) is 0. The number of fused-ring (bicyclic) bond motifs is 6. The number of aromatic nitrogens is 1. The molecular weight excluding hydrogens is 405 g/mol. The third-order valence-electron chi connectivity index (χ3n) is 7.09. The quantitative estimate of drug-likeness (QED) is 0.259. The van der Waals surface area contributed by atoms with Crippen LogP contribution in [0.1, 0.15) is 23.7 Å². The molecule has 1 atom stereocenters. The van der Waals surface area contributed by atoms with Crippen LogP contribution in [-0.2, 0) is 12.8 Å². The van der Waals surface area contributed by atoms with Crippen LogP contribution in [0.25, 0.3) is 43.3 Å². The molecular formula is C30H24NP. The van der Waals surface area contributed by atoms with Gasteiger partial charge in [0.1, 0.15) is 0 Å². The highest BCUT2D eigenvalue weighted by atomic mass is 31.1. The molecule has 0 radical (unpaired) electrons. The first-order valence-electron chi connectivity index (χ1n) is 11.6. The van der Waals surface area contributed by atoms with Gasteiger partial charge in [0.2, 0.25) is 0 Å². The van der Waals surface area contributed by atoms with Gasteiger partial charge in [-0.15, -0.1) is 0 Å². The second-order valence-corrected chi connectivity index (χ2v) is 11.1. The predicted molar refractivity (Wildman–Crippen MR) is 139 cm³/mol. The van der Waals surface area contributed by atoms with Gasteiger partial charge >= 0.3 is 0 Å². The van der Waals surface area contributed by atoms with E-state index in [4.69, 9.17) is 0 Å². The summed E-state index contributed by atoms with van der Waals surface area (Å²) >= 11 is 0. The Morgan fingerprint density at radius 2 is 1.31 bits per heavy atom. The van der Waals surface area contributed by atoms with Crippen LogP contribution >= 0.6 is 7.53 Å². The molecule has 1 nitrogen and oxygen atoms in total. The second kappa shape index (κ2) is 7.12. The van der Waals surface area contributed by atoms with Gasteiger partial charge in [0.15, 0.2) is 0 Å². The third kappa shape index (κ3) is 2.58. The van der Waals surface area contributed by atoms with Gasteiger partial charge in [0.05, 0.1) is 11.0 Å². The predicted octanol–water partition coefficient (Wildman–Crippen LogP) is 8.79. The molecule has 7 rings (SSSR count). The number of para-hydroxylation sites is 2. The molecule has 154 valence electrons. The van der Waals surface area contributed by atoms with Crippen LogP contribution in [0.5, 0.6) is 0 Å². The van der Waals surface area contributed by atoms with E-state index < -0.39 is 7.53 Å². The molecule has 0 amide bonds. The molecule has 2 aromatic heterocycles. The molecule has 0 saturated carbocycles. The van der Waals surface area contributed by atoms with Crippen LogP contribution in [0, 0.1) is 0 Å². The van der Waals surface area contributed by atoms with E-state index in [-0.39, 0.29) is 0 Å². The average molecular weight is 430 g/mol. The lowest BCUT2D eigenvalue weighted by Gasteiger charge is -2.14. The van der Waals surface area contributed by atoms with E-state index in [0.29, 0.717) is 0 Å². The highest BCUT2D eigenvalue weighted by molar-refractivity contribution is 7.63. The summed E-state index contributed by atoms with van der Waals surface area (Å²) in [6.07, 6.45) is 5.13. The molecule has 0 bridgehead atoms. The Balaban J connectivity index is 1.66. The summed E-state index contributed by atoms with van der Waals surface area (Å²) in [5, 5.41) is 9.05. The Kier molecular flexibility index (Phi) is 4.07. The van der Waals surface area contributed by atoms with Gasteiger partial charge in [0, 0.05) is 21.6 Å². The zero-order valence-corrected chi connectivity index (χ0v) is 18.9. The van der Waals surface area contributed by atoms with Crippen molar-refractivity contribution in [2.75, 3.05) is 0 Å².